The van der Waals surface area contributed by atoms with Crippen molar-refractivity contribution in [3.63, 3.8) is 0 Å². The van der Waals surface area contributed by atoms with Crippen LogP contribution in [0.15, 0.2) is 24.3 Å². The molecule has 1 unspecified atom stereocenters. The summed E-state index contributed by atoms with van der Waals surface area (Å²) in [6, 6.07) is 8.48. The second-order valence-electron chi connectivity index (χ2n) is 4.24. The first kappa shape index (κ1) is 16.5. The number of nitrogens with one attached hydrogen (secondary N) is 1. The number of amides is 1. The zero-order chi connectivity index (χ0) is 15.7. The molecule has 6 nitrogen and oxygen atoms in total. The molecule has 6 heteroatoms. The Balaban J connectivity index is 2.36. The fourth-order valence-corrected chi connectivity index (χ4v) is 1.53. The normalized spacial score (nSPS) is 11.1. The number of rotatable bonds is 7. The SMILES string of the molecule is CCOC(=O)CCNC(=O)C(C)Oc1ccc(C#N)cc1. The first-order valence-electron chi connectivity index (χ1n) is 6.67. The summed E-state index contributed by atoms with van der Waals surface area (Å²) in [4.78, 5) is 22.9. The van der Waals surface area contributed by atoms with Crippen LogP contribution in [0.3, 0.4) is 0 Å². The molecule has 1 rings (SSSR count). The van der Waals surface area contributed by atoms with Gasteiger partial charge in [-0.15, -0.1) is 0 Å². The Labute approximate surface area is 123 Å². The van der Waals surface area contributed by atoms with Gasteiger partial charge in [0.15, 0.2) is 6.10 Å². The molecule has 0 aliphatic rings. The number of esters is 1. The van der Waals surface area contributed by atoms with Gasteiger partial charge in [0, 0.05) is 6.54 Å². The van der Waals surface area contributed by atoms with E-state index in [4.69, 9.17) is 14.7 Å². The van der Waals surface area contributed by atoms with Gasteiger partial charge in [0.2, 0.25) is 0 Å². The molecule has 112 valence electrons. The van der Waals surface area contributed by atoms with Crippen LogP contribution in [0.5, 0.6) is 5.75 Å². The molecule has 0 aliphatic heterocycles. The van der Waals surface area contributed by atoms with Crippen molar-refractivity contribution in [3.05, 3.63) is 29.8 Å². The van der Waals surface area contributed by atoms with Gasteiger partial charge in [-0.1, -0.05) is 0 Å². The molecule has 1 atom stereocenters. The van der Waals surface area contributed by atoms with Crippen molar-refractivity contribution < 1.29 is 19.1 Å². The standard InChI is InChI=1S/C15H18N2O4/c1-3-20-14(18)8-9-17-15(19)11(2)21-13-6-4-12(10-16)5-7-13/h4-7,11H,3,8-9H2,1-2H3,(H,17,19). The lowest BCUT2D eigenvalue weighted by Gasteiger charge is -2.14. The molecular formula is C15H18N2O4. The van der Waals surface area contributed by atoms with Crippen molar-refractivity contribution in [3.8, 4) is 11.8 Å². The molecule has 0 saturated heterocycles. The molecule has 1 amide bonds. The van der Waals surface area contributed by atoms with Gasteiger partial charge < -0.3 is 14.8 Å². The van der Waals surface area contributed by atoms with Crippen LogP contribution in [0.4, 0.5) is 0 Å². The van der Waals surface area contributed by atoms with E-state index >= 15 is 0 Å². The summed E-state index contributed by atoms with van der Waals surface area (Å²) in [5, 5.41) is 11.3. The van der Waals surface area contributed by atoms with Crippen molar-refractivity contribution >= 4 is 11.9 Å². The molecule has 21 heavy (non-hydrogen) atoms. The molecule has 0 fully saturated rings. The second kappa shape index (κ2) is 8.59. The van der Waals surface area contributed by atoms with Gasteiger partial charge in [0.05, 0.1) is 24.7 Å². The Morgan fingerprint density at radius 3 is 2.57 bits per heavy atom. The van der Waals surface area contributed by atoms with Crippen LogP contribution in [-0.4, -0.2) is 31.1 Å². The summed E-state index contributed by atoms with van der Waals surface area (Å²) >= 11 is 0. The topological polar surface area (TPSA) is 88.4 Å². The highest BCUT2D eigenvalue weighted by atomic mass is 16.5. The minimum atomic E-state index is -0.694. The Hall–Kier alpha value is -2.55. The smallest absolute Gasteiger partial charge is 0.307 e. The van der Waals surface area contributed by atoms with Crippen LogP contribution in [0, 0.1) is 11.3 Å². The second-order valence-corrected chi connectivity index (χ2v) is 4.24. The molecule has 0 spiro atoms. The maximum Gasteiger partial charge on any atom is 0.307 e. The highest BCUT2D eigenvalue weighted by Crippen LogP contribution is 2.13. The van der Waals surface area contributed by atoms with Gasteiger partial charge in [-0.05, 0) is 38.1 Å². The minimum Gasteiger partial charge on any atom is -0.481 e. The molecule has 0 aromatic heterocycles. The van der Waals surface area contributed by atoms with E-state index in [-0.39, 0.29) is 24.8 Å². The molecule has 1 aromatic carbocycles. The lowest BCUT2D eigenvalue weighted by atomic mass is 10.2. The number of carbonyl (C=O) groups is 2. The molecule has 0 heterocycles. The summed E-state index contributed by atoms with van der Waals surface area (Å²) in [6.45, 7) is 3.87. The molecule has 0 radical (unpaired) electrons. The predicted molar refractivity (Wildman–Crippen MR) is 75.5 cm³/mol. The third-order valence-corrected chi connectivity index (χ3v) is 2.60. The Morgan fingerprint density at radius 1 is 1.33 bits per heavy atom. The summed E-state index contributed by atoms with van der Waals surface area (Å²) in [5.74, 6) is -0.163. The zero-order valence-corrected chi connectivity index (χ0v) is 12.1. The van der Waals surface area contributed by atoms with Crippen molar-refractivity contribution in [1.82, 2.24) is 5.32 Å². The molecule has 0 bridgehead atoms. The lowest BCUT2D eigenvalue weighted by Crippen LogP contribution is -2.37. The lowest BCUT2D eigenvalue weighted by molar-refractivity contribution is -0.143. The van der Waals surface area contributed by atoms with E-state index in [1.54, 1.807) is 38.1 Å². The van der Waals surface area contributed by atoms with Crippen molar-refractivity contribution in [1.29, 1.82) is 5.26 Å². The molecule has 1 aromatic rings. The van der Waals surface area contributed by atoms with Crippen LogP contribution < -0.4 is 10.1 Å². The Bertz CT molecular complexity index is 519. The summed E-state index contributed by atoms with van der Waals surface area (Å²) in [7, 11) is 0. The monoisotopic (exact) mass is 290 g/mol. The van der Waals surface area contributed by atoms with Crippen LogP contribution in [0.2, 0.25) is 0 Å². The van der Waals surface area contributed by atoms with Crippen molar-refractivity contribution in [2.75, 3.05) is 13.2 Å². The highest BCUT2D eigenvalue weighted by Gasteiger charge is 2.14. The average Bonchev–Trinajstić information content (AvgIpc) is 2.48. The van der Waals surface area contributed by atoms with Gasteiger partial charge in [-0.2, -0.15) is 5.26 Å². The zero-order valence-electron chi connectivity index (χ0n) is 12.1. The fourth-order valence-electron chi connectivity index (χ4n) is 1.53. The molecule has 1 N–H and O–H groups in total. The number of carbonyl (C=O) groups excluding carboxylic acids is 2. The van der Waals surface area contributed by atoms with E-state index in [2.05, 4.69) is 5.32 Å². The van der Waals surface area contributed by atoms with E-state index < -0.39 is 6.10 Å². The number of nitriles is 1. The van der Waals surface area contributed by atoms with Crippen molar-refractivity contribution in [2.24, 2.45) is 0 Å². The van der Waals surface area contributed by atoms with Gasteiger partial charge >= 0.3 is 5.97 Å². The van der Waals surface area contributed by atoms with E-state index in [0.717, 1.165) is 0 Å². The van der Waals surface area contributed by atoms with Crippen LogP contribution in [0.1, 0.15) is 25.8 Å². The Kier molecular flexibility index (Phi) is 6.75. The maximum absolute atomic E-state index is 11.8. The van der Waals surface area contributed by atoms with E-state index in [1.165, 1.54) is 0 Å². The number of hydrogen-bond acceptors (Lipinski definition) is 5. The van der Waals surface area contributed by atoms with E-state index in [0.29, 0.717) is 17.9 Å². The van der Waals surface area contributed by atoms with Crippen molar-refractivity contribution in [2.45, 2.75) is 26.4 Å². The summed E-state index contributed by atoms with van der Waals surface area (Å²) in [5.41, 5.74) is 0.522. The summed E-state index contributed by atoms with van der Waals surface area (Å²) in [6.07, 6.45) is -0.566. The van der Waals surface area contributed by atoms with Crippen LogP contribution in [0.25, 0.3) is 0 Å². The van der Waals surface area contributed by atoms with Gasteiger partial charge in [0.25, 0.3) is 5.91 Å². The summed E-state index contributed by atoms with van der Waals surface area (Å²) < 4.78 is 10.2. The predicted octanol–water partition coefficient (Wildman–Crippen LogP) is 1.39. The van der Waals surface area contributed by atoms with Gasteiger partial charge in [-0.25, -0.2) is 0 Å². The minimum absolute atomic E-state index is 0.128. The first-order valence-corrected chi connectivity index (χ1v) is 6.67. The van der Waals surface area contributed by atoms with Crippen LogP contribution >= 0.6 is 0 Å². The van der Waals surface area contributed by atoms with Gasteiger partial charge in [-0.3, -0.25) is 9.59 Å². The third kappa shape index (κ3) is 5.95. The number of hydrogen-bond donors (Lipinski definition) is 1. The van der Waals surface area contributed by atoms with Gasteiger partial charge in [0.1, 0.15) is 5.75 Å². The van der Waals surface area contributed by atoms with Crippen LogP contribution in [-0.2, 0) is 14.3 Å². The largest absolute Gasteiger partial charge is 0.481 e. The number of ether oxygens (including phenoxy) is 2. The van der Waals surface area contributed by atoms with E-state index in [9.17, 15) is 9.59 Å². The molecule has 0 saturated carbocycles. The van der Waals surface area contributed by atoms with E-state index in [1.807, 2.05) is 6.07 Å². The highest BCUT2D eigenvalue weighted by molar-refractivity contribution is 5.81. The molecule has 0 aliphatic carbocycles. The third-order valence-electron chi connectivity index (χ3n) is 2.60. The maximum atomic E-state index is 11.8. The number of nitrogens with zero attached hydrogens (tertiary/aromatic N) is 1. The average molecular weight is 290 g/mol. The quantitative estimate of drug-likeness (QED) is 0.767. The number of benzene rings is 1. The Morgan fingerprint density at radius 2 is 2.00 bits per heavy atom. The molecular weight excluding hydrogens is 272 g/mol. The fraction of sp³-hybridized carbons (Fsp3) is 0.400. The first-order chi connectivity index (χ1) is 10.1.